The Morgan fingerprint density at radius 1 is 1.30 bits per heavy atom. The Morgan fingerprint density at radius 3 is 2.94 bits per heavy atom. The number of halogens is 2. The number of aliphatic hydroxyl groups excluding tert-OH is 1. The molecule has 1 fully saturated rings. The van der Waals surface area contributed by atoms with Gasteiger partial charge in [-0.25, -0.2) is 18.7 Å². The number of rotatable bonds is 6. The van der Waals surface area contributed by atoms with E-state index in [1.165, 1.54) is 49.7 Å². The van der Waals surface area contributed by atoms with E-state index < -0.39 is 17.5 Å². The van der Waals surface area contributed by atoms with Gasteiger partial charge in [-0.15, -0.1) is 0 Å². The van der Waals surface area contributed by atoms with E-state index in [4.69, 9.17) is 9.47 Å². The molecule has 0 saturated carbocycles. The molecule has 4 rings (SSSR count). The number of hydrogen-bond donors (Lipinski definition) is 2. The summed E-state index contributed by atoms with van der Waals surface area (Å²) in [5.41, 5.74) is 0.738. The monoisotopic (exact) mass is 456 g/mol. The number of amides is 1. The molecule has 8 nitrogen and oxygen atoms in total. The molecule has 2 aromatic carbocycles. The zero-order valence-corrected chi connectivity index (χ0v) is 17.8. The Hall–Kier alpha value is -3.63. The van der Waals surface area contributed by atoms with Gasteiger partial charge in [0.05, 0.1) is 49.9 Å². The Balaban J connectivity index is 1.65. The fourth-order valence-electron chi connectivity index (χ4n) is 3.67. The Bertz CT molecular complexity index is 1160. The molecule has 10 heteroatoms. The molecule has 3 aromatic rings. The second-order valence-corrected chi connectivity index (χ2v) is 7.30. The van der Waals surface area contributed by atoms with Crippen molar-refractivity contribution in [3.05, 3.63) is 66.0 Å². The van der Waals surface area contributed by atoms with Gasteiger partial charge < -0.3 is 24.8 Å². The van der Waals surface area contributed by atoms with E-state index in [-0.39, 0.29) is 41.2 Å². The number of nitrogens with one attached hydrogen (secondary N) is 1. The Kier molecular flexibility index (Phi) is 6.76. The molecule has 1 aromatic heterocycles. The van der Waals surface area contributed by atoms with E-state index >= 15 is 0 Å². The van der Waals surface area contributed by atoms with Gasteiger partial charge in [0.1, 0.15) is 23.1 Å². The van der Waals surface area contributed by atoms with Gasteiger partial charge in [0, 0.05) is 12.7 Å². The predicted molar refractivity (Wildman–Crippen MR) is 117 cm³/mol. The molecule has 2 heterocycles. The first kappa shape index (κ1) is 22.6. The molecule has 1 aliphatic heterocycles. The number of anilines is 2. The number of benzene rings is 2. The van der Waals surface area contributed by atoms with Gasteiger partial charge >= 0.3 is 0 Å². The van der Waals surface area contributed by atoms with Crippen molar-refractivity contribution in [1.29, 1.82) is 0 Å². The lowest BCUT2D eigenvalue weighted by molar-refractivity contribution is 0.0728. The fourth-order valence-corrected chi connectivity index (χ4v) is 3.67. The quantitative estimate of drug-likeness (QED) is 0.589. The van der Waals surface area contributed by atoms with Crippen molar-refractivity contribution in [1.82, 2.24) is 9.97 Å². The van der Waals surface area contributed by atoms with E-state index in [0.717, 1.165) is 0 Å². The average molecular weight is 456 g/mol. The van der Waals surface area contributed by atoms with E-state index in [1.807, 2.05) is 4.90 Å². The van der Waals surface area contributed by atoms with Gasteiger partial charge in [-0.1, -0.05) is 6.07 Å². The number of aliphatic hydroxyl groups is 1. The van der Waals surface area contributed by atoms with Crippen LogP contribution >= 0.6 is 0 Å². The molecule has 0 spiro atoms. The maximum Gasteiger partial charge on any atom is 0.274 e. The number of methoxy groups -OCH3 is 1. The molecule has 1 amide bonds. The van der Waals surface area contributed by atoms with Crippen LogP contribution < -0.4 is 15.0 Å². The number of carbonyl (C=O) groups is 1. The largest absolute Gasteiger partial charge is 0.496 e. The van der Waals surface area contributed by atoms with E-state index in [0.29, 0.717) is 25.4 Å². The fraction of sp³-hybridized carbons (Fsp3) is 0.261. The molecule has 1 saturated heterocycles. The maximum absolute atomic E-state index is 14.4. The van der Waals surface area contributed by atoms with Crippen molar-refractivity contribution < 1.29 is 28.2 Å². The third kappa shape index (κ3) is 4.76. The van der Waals surface area contributed by atoms with Gasteiger partial charge in [-0.2, -0.15) is 0 Å². The Morgan fingerprint density at radius 2 is 2.15 bits per heavy atom. The average Bonchev–Trinajstić information content (AvgIpc) is 2.84. The minimum atomic E-state index is -0.630. The highest BCUT2D eigenvalue weighted by atomic mass is 19.1. The van der Waals surface area contributed by atoms with Crippen molar-refractivity contribution in [2.24, 2.45) is 0 Å². The normalized spacial score (nSPS) is 15.9. The molecule has 33 heavy (non-hydrogen) atoms. The summed E-state index contributed by atoms with van der Waals surface area (Å²) in [5, 5.41) is 12.4. The van der Waals surface area contributed by atoms with Gasteiger partial charge in [0.15, 0.2) is 5.82 Å². The van der Waals surface area contributed by atoms with Crippen molar-refractivity contribution in [3.8, 4) is 17.1 Å². The van der Waals surface area contributed by atoms with Crippen LogP contribution in [0.15, 0.2) is 48.7 Å². The Labute approximate surface area is 188 Å². The van der Waals surface area contributed by atoms with Crippen molar-refractivity contribution >= 4 is 17.3 Å². The number of morpholine rings is 1. The van der Waals surface area contributed by atoms with Gasteiger partial charge in [-0.05, 0) is 36.4 Å². The predicted octanol–water partition coefficient (Wildman–Crippen LogP) is 2.88. The molecule has 0 aliphatic carbocycles. The van der Waals surface area contributed by atoms with Crippen molar-refractivity contribution in [2.75, 3.05) is 43.7 Å². The number of hydrogen-bond acceptors (Lipinski definition) is 7. The van der Waals surface area contributed by atoms with Crippen LogP contribution in [0.1, 0.15) is 10.5 Å². The van der Waals surface area contributed by atoms with E-state index in [2.05, 4.69) is 15.3 Å². The topological polar surface area (TPSA) is 96.8 Å². The maximum atomic E-state index is 14.4. The van der Waals surface area contributed by atoms with Crippen LogP contribution in [0.25, 0.3) is 11.4 Å². The van der Waals surface area contributed by atoms with E-state index in [9.17, 15) is 18.7 Å². The van der Waals surface area contributed by atoms with Crippen LogP contribution in [0.2, 0.25) is 0 Å². The number of carbonyl (C=O) groups excluding carboxylic acids is 1. The second kappa shape index (κ2) is 9.88. The number of nitrogens with zero attached hydrogens (tertiary/aromatic N) is 3. The van der Waals surface area contributed by atoms with Crippen LogP contribution in [0.3, 0.4) is 0 Å². The van der Waals surface area contributed by atoms with Gasteiger partial charge in [0.2, 0.25) is 0 Å². The zero-order valence-electron chi connectivity index (χ0n) is 17.8. The first-order chi connectivity index (χ1) is 16.0. The minimum Gasteiger partial charge on any atom is -0.496 e. The molecule has 1 unspecified atom stereocenters. The van der Waals surface area contributed by atoms with Crippen LogP contribution in [-0.2, 0) is 4.74 Å². The summed E-state index contributed by atoms with van der Waals surface area (Å²) in [6.45, 7) is 1.04. The summed E-state index contributed by atoms with van der Waals surface area (Å²) in [6.07, 6.45) is 1.33. The lowest BCUT2D eigenvalue weighted by atomic mass is 10.1. The molecule has 0 radical (unpaired) electrons. The van der Waals surface area contributed by atoms with Gasteiger partial charge in [0.25, 0.3) is 5.91 Å². The molecule has 172 valence electrons. The van der Waals surface area contributed by atoms with Crippen molar-refractivity contribution in [3.63, 3.8) is 0 Å². The lowest BCUT2D eigenvalue weighted by Crippen LogP contribution is -2.48. The third-order valence-corrected chi connectivity index (χ3v) is 5.26. The SMILES string of the molecule is COc1cccc(F)c1-c1nccc(C(=O)Nc2cc(F)ccc2N2CCOCC2CO)n1. The minimum absolute atomic E-state index is 0.0226. The third-order valence-electron chi connectivity index (χ3n) is 5.26. The van der Waals surface area contributed by atoms with Gasteiger partial charge in [-0.3, -0.25) is 4.79 Å². The first-order valence-corrected chi connectivity index (χ1v) is 10.2. The highest BCUT2D eigenvalue weighted by Crippen LogP contribution is 2.32. The zero-order chi connectivity index (χ0) is 23.4. The summed E-state index contributed by atoms with van der Waals surface area (Å²) >= 11 is 0. The second-order valence-electron chi connectivity index (χ2n) is 7.30. The molecule has 1 aliphatic rings. The molecule has 1 atom stereocenters. The molecule has 2 N–H and O–H groups in total. The summed E-state index contributed by atoms with van der Waals surface area (Å²) in [6, 6.07) is 9.34. The summed E-state index contributed by atoms with van der Waals surface area (Å²) in [5.74, 6) is -1.56. The molecular weight excluding hydrogens is 434 g/mol. The van der Waals surface area contributed by atoms with E-state index in [1.54, 1.807) is 6.07 Å². The van der Waals surface area contributed by atoms with Crippen LogP contribution in [0.4, 0.5) is 20.2 Å². The highest BCUT2D eigenvalue weighted by Gasteiger charge is 2.26. The van der Waals surface area contributed by atoms with Crippen molar-refractivity contribution in [2.45, 2.75) is 6.04 Å². The van der Waals surface area contributed by atoms with Crippen LogP contribution in [0.5, 0.6) is 5.75 Å². The standard InChI is InChI=1S/C23H22F2N4O4/c1-32-20-4-2-3-16(25)21(20)22-26-8-7-17(27-22)23(31)28-18-11-14(24)5-6-19(18)29-9-10-33-13-15(29)12-30/h2-8,11,15,30H,9-10,12-13H2,1H3,(H,28,31). The smallest absolute Gasteiger partial charge is 0.274 e. The summed E-state index contributed by atoms with van der Waals surface area (Å²) < 4.78 is 39.1. The van der Waals surface area contributed by atoms with Crippen LogP contribution in [0, 0.1) is 11.6 Å². The summed E-state index contributed by atoms with van der Waals surface area (Å²) in [7, 11) is 1.39. The first-order valence-electron chi connectivity index (χ1n) is 10.2. The summed E-state index contributed by atoms with van der Waals surface area (Å²) in [4.78, 5) is 23.1. The molecule has 0 bridgehead atoms. The highest BCUT2D eigenvalue weighted by molar-refractivity contribution is 6.05. The number of ether oxygens (including phenoxy) is 2. The number of aromatic nitrogens is 2. The lowest BCUT2D eigenvalue weighted by Gasteiger charge is -2.37. The van der Waals surface area contributed by atoms with Crippen LogP contribution in [-0.4, -0.2) is 60.5 Å². The molecular formula is C23H22F2N4O4.